The van der Waals surface area contributed by atoms with Gasteiger partial charge in [-0.2, -0.15) is 5.26 Å². The summed E-state index contributed by atoms with van der Waals surface area (Å²) in [5, 5.41) is 18.1. The number of thioether (sulfide) groups is 1. The molecular formula is C11H9ClN4S. The number of nitriles is 1. The maximum Gasteiger partial charge on any atom is 0.192 e. The van der Waals surface area contributed by atoms with Crippen molar-refractivity contribution in [3.05, 3.63) is 29.3 Å². The Morgan fingerprint density at radius 2 is 2.06 bits per heavy atom. The van der Waals surface area contributed by atoms with E-state index in [9.17, 15) is 0 Å². The van der Waals surface area contributed by atoms with E-state index < -0.39 is 0 Å². The van der Waals surface area contributed by atoms with Crippen LogP contribution in [0.1, 0.15) is 0 Å². The first kappa shape index (κ1) is 12.0. The molecule has 2 rings (SSSR count). The molecule has 1 aromatic heterocycles. The van der Waals surface area contributed by atoms with E-state index in [1.54, 1.807) is 0 Å². The molecule has 17 heavy (non-hydrogen) atoms. The van der Waals surface area contributed by atoms with Crippen molar-refractivity contribution in [2.75, 3.05) is 5.75 Å². The lowest BCUT2D eigenvalue weighted by molar-refractivity contribution is 0.795. The summed E-state index contributed by atoms with van der Waals surface area (Å²) < 4.78 is 1.87. The van der Waals surface area contributed by atoms with Gasteiger partial charge >= 0.3 is 0 Å². The minimum Gasteiger partial charge on any atom is -0.305 e. The normalized spacial score (nSPS) is 10.2. The van der Waals surface area contributed by atoms with E-state index in [4.69, 9.17) is 16.9 Å². The van der Waals surface area contributed by atoms with Crippen LogP contribution in [0.2, 0.25) is 5.02 Å². The van der Waals surface area contributed by atoms with Gasteiger partial charge in [0, 0.05) is 17.6 Å². The van der Waals surface area contributed by atoms with E-state index in [1.807, 2.05) is 35.9 Å². The fourth-order valence-corrected chi connectivity index (χ4v) is 2.09. The number of nitrogens with zero attached hydrogens (tertiary/aromatic N) is 4. The summed E-state index contributed by atoms with van der Waals surface area (Å²) in [5.74, 6) is 1.13. The van der Waals surface area contributed by atoms with Crippen molar-refractivity contribution in [3.63, 3.8) is 0 Å². The molecule has 0 aliphatic heterocycles. The third-order valence-electron chi connectivity index (χ3n) is 2.20. The quantitative estimate of drug-likeness (QED) is 0.800. The Morgan fingerprint density at radius 3 is 2.71 bits per heavy atom. The van der Waals surface area contributed by atoms with Crippen LogP contribution < -0.4 is 0 Å². The van der Waals surface area contributed by atoms with E-state index in [1.165, 1.54) is 11.8 Å². The van der Waals surface area contributed by atoms with Crippen molar-refractivity contribution in [1.82, 2.24) is 14.8 Å². The van der Waals surface area contributed by atoms with Gasteiger partial charge in [-0.05, 0) is 24.3 Å². The lowest BCUT2D eigenvalue weighted by atomic mass is 10.2. The van der Waals surface area contributed by atoms with E-state index in [0.717, 1.165) is 16.5 Å². The van der Waals surface area contributed by atoms with Crippen molar-refractivity contribution in [1.29, 1.82) is 5.26 Å². The largest absolute Gasteiger partial charge is 0.305 e. The van der Waals surface area contributed by atoms with Gasteiger partial charge in [0.15, 0.2) is 11.0 Å². The molecule has 0 N–H and O–H groups in total. The average molecular weight is 265 g/mol. The topological polar surface area (TPSA) is 54.5 Å². The average Bonchev–Trinajstić information content (AvgIpc) is 2.69. The zero-order valence-electron chi connectivity index (χ0n) is 9.09. The highest BCUT2D eigenvalue weighted by molar-refractivity contribution is 7.99. The molecule has 0 radical (unpaired) electrons. The van der Waals surface area contributed by atoms with Gasteiger partial charge in [0.25, 0.3) is 0 Å². The Labute approximate surface area is 108 Å². The Kier molecular flexibility index (Phi) is 3.67. The molecule has 0 atom stereocenters. The second kappa shape index (κ2) is 5.21. The molecule has 2 aromatic rings. The molecule has 86 valence electrons. The second-order valence-corrected chi connectivity index (χ2v) is 4.70. The van der Waals surface area contributed by atoms with E-state index in [2.05, 4.69) is 16.3 Å². The van der Waals surface area contributed by atoms with Gasteiger partial charge in [-0.1, -0.05) is 23.4 Å². The number of hydrogen-bond donors (Lipinski definition) is 0. The fraction of sp³-hybridized carbons (Fsp3) is 0.182. The van der Waals surface area contributed by atoms with E-state index in [-0.39, 0.29) is 0 Å². The van der Waals surface area contributed by atoms with Crippen LogP contribution in [0.15, 0.2) is 29.4 Å². The molecule has 1 aromatic carbocycles. The van der Waals surface area contributed by atoms with Crippen molar-refractivity contribution < 1.29 is 0 Å². The van der Waals surface area contributed by atoms with Crippen molar-refractivity contribution in [3.8, 4) is 17.5 Å². The smallest absolute Gasteiger partial charge is 0.192 e. The molecule has 0 aliphatic rings. The maximum atomic E-state index is 8.53. The van der Waals surface area contributed by atoms with Gasteiger partial charge in [-0.25, -0.2) is 0 Å². The van der Waals surface area contributed by atoms with Gasteiger partial charge in [0.05, 0.1) is 11.8 Å². The van der Waals surface area contributed by atoms with Crippen LogP contribution in [0.25, 0.3) is 11.4 Å². The highest BCUT2D eigenvalue weighted by atomic mass is 35.5. The summed E-state index contributed by atoms with van der Waals surface area (Å²) in [7, 11) is 1.88. The molecular weight excluding hydrogens is 256 g/mol. The molecule has 1 heterocycles. The maximum absolute atomic E-state index is 8.53. The summed E-state index contributed by atoms with van der Waals surface area (Å²) in [5.41, 5.74) is 0.952. The van der Waals surface area contributed by atoms with E-state index in [0.29, 0.717) is 10.8 Å². The van der Waals surface area contributed by atoms with Gasteiger partial charge < -0.3 is 4.57 Å². The standard InChI is InChI=1S/C11H9ClN4S/c1-16-10(8-2-4-9(12)5-3-8)14-15-11(16)17-7-6-13/h2-5H,7H2,1H3. The lowest BCUT2D eigenvalue weighted by Crippen LogP contribution is -1.94. The molecule has 0 spiro atoms. The Hall–Kier alpha value is -1.51. The van der Waals surface area contributed by atoms with E-state index >= 15 is 0 Å². The second-order valence-electron chi connectivity index (χ2n) is 3.32. The minimum atomic E-state index is 0.368. The zero-order valence-corrected chi connectivity index (χ0v) is 10.7. The molecule has 4 nitrogen and oxygen atoms in total. The van der Waals surface area contributed by atoms with Gasteiger partial charge in [-0.15, -0.1) is 10.2 Å². The van der Waals surface area contributed by atoms with Gasteiger partial charge in [0.1, 0.15) is 0 Å². The lowest BCUT2D eigenvalue weighted by Gasteiger charge is -2.02. The van der Waals surface area contributed by atoms with Crippen LogP contribution in [-0.2, 0) is 7.05 Å². The van der Waals surface area contributed by atoms with Crippen LogP contribution in [0.3, 0.4) is 0 Å². The molecule has 0 unspecified atom stereocenters. The molecule has 0 aliphatic carbocycles. The molecule has 0 bridgehead atoms. The number of halogens is 1. The first-order valence-electron chi connectivity index (χ1n) is 4.87. The summed E-state index contributed by atoms with van der Waals surface area (Å²) >= 11 is 7.20. The van der Waals surface area contributed by atoms with Crippen LogP contribution in [-0.4, -0.2) is 20.5 Å². The highest BCUT2D eigenvalue weighted by Crippen LogP contribution is 2.23. The van der Waals surface area contributed by atoms with Crippen LogP contribution in [0.4, 0.5) is 0 Å². The zero-order chi connectivity index (χ0) is 12.3. The first-order chi connectivity index (χ1) is 8.22. The van der Waals surface area contributed by atoms with Crippen LogP contribution >= 0.6 is 23.4 Å². The summed E-state index contributed by atoms with van der Waals surface area (Å²) in [6.45, 7) is 0. The third-order valence-corrected chi connectivity index (χ3v) is 3.34. The predicted octanol–water partition coefficient (Wildman–Crippen LogP) is 2.75. The molecule has 0 saturated heterocycles. The number of hydrogen-bond acceptors (Lipinski definition) is 4. The number of rotatable bonds is 3. The molecule has 0 saturated carbocycles. The summed E-state index contributed by atoms with van der Waals surface area (Å²) in [6.07, 6.45) is 0. The van der Waals surface area contributed by atoms with Crippen molar-refractivity contribution in [2.24, 2.45) is 7.05 Å². The van der Waals surface area contributed by atoms with Crippen molar-refractivity contribution >= 4 is 23.4 Å². The predicted molar refractivity (Wildman–Crippen MR) is 67.8 cm³/mol. The number of benzene rings is 1. The van der Waals surface area contributed by atoms with Crippen molar-refractivity contribution in [2.45, 2.75) is 5.16 Å². The monoisotopic (exact) mass is 264 g/mol. The first-order valence-corrected chi connectivity index (χ1v) is 6.24. The van der Waals surface area contributed by atoms with Crippen LogP contribution in [0.5, 0.6) is 0 Å². The molecule has 6 heteroatoms. The highest BCUT2D eigenvalue weighted by Gasteiger charge is 2.10. The Bertz CT molecular complexity index is 556. The Balaban J connectivity index is 2.31. The Morgan fingerprint density at radius 1 is 1.35 bits per heavy atom. The summed E-state index contributed by atoms with van der Waals surface area (Å²) in [4.78, 5) is 0. The number of aromatic nitrogens is 3. The van der Waals surface area contributed by atoms with Gasteiger partial charge in [0.2, 0.25) is 0 Å². The summed E-state index contributed by atoms with van der Waals surface area (Å²) in [6, 6.07) is 9.48. The molecule has 0 fully saturated rings. The molecule has 0 amide bonds. The minimum absolute atomic E-state index is 0.368. The fourth-order valence-electron chi connectivity index (χ4n) is 1.39. The van der Waals surface area contributed by atoms with Gasteiger partial charge in [-0.3, -0.25) is 0 Å². The SMILES string of the molecule is Cn1c(SCC#N)nnc1-c1ccc(Cl)cc1. The third kappa shape index (κ3) is 2.60. The van der Waals surface area contributed by atoms with Crippen LogP contribution in [0, 0.1) is 11.3 Å².